The number of aromatic nitrogens is 1. The van der Waals surface area contributed by atoms with Crippen LogP contribution >= 0.6 is 0 Å². The van der Waals surface area contributed by atoms with Crippen LogP contribution in [0.2, 0.25) is 0 Å². The molecular weight excluding hydrogens is 256 g/mol. The van der Waals surface area contributed by atoms with Gasteiger partial charge in [0.1, 0.15) is 22.7 Å². The third-order valence-corrected chi connectivity index (χ3v) is 3.33. The van der Waals surface area contributed by atoms with Crippen molar-refractivity contribution in [3.8, 4) is 11.3 Å². The van der Waals surface area contributed by atoms with Crippen LogP contribution in [0.3, 0.4) is 0 Å². The first-order valence-electron chi connectivity index (χ1n) is 6.27. The predicted octanol–water partition coefficient (Wildman–Crippen LogP) is 4.03. The smallest absolute Gasteiger partial charge is 0.173 e. The van der Waals surface area contributed by atoms with Crippen LogP contribution < -0.4 is 5.73 Å². The molecule has 5 nitrogen and oxygen atoms in total. The van der Waals surface area contributed by atoms with Crippen molar-refractivity contribution in [1.29, 1.82) is 0 Å². The first kappa shape index (κ1) is 11.2. The molecule has 0 radical (unpaired) electrons. The first-order valence-corrected chi connectivity index (χ1v) is 6.27. The summed E-state index contributed by atoms with van der Waals surface area (Å²) in [4.78, 5) is 0. The van der Waals surface area contributed by atoms with Crippen molar-refractivity contribution in [1.82, 2.24) is 5.16 Å². The van der Waals surface area contributed by atoms with Crippen molar-refractivity contribution in [2.75, 3.05) is 5.73 Å². The van der Waals surface area contributed by atoms with E-state index in [2.05, 4.69) is 5.16 Å². The van der Waals surface area contributed by atoms with Crippen LogP contribution in [-0.2, 0) is 0 Å². The van der Waals surface area contributed by atoms with Gasteiger partial charge in [-0.1, -0.05) is 5.16 Å². The number of nitrogens with zero attached hydrogens (tertiary/aromatic N) is 1. The molecule has 0 spiro atoms. The van der Waals surface area contributed by atoms with Crippen LogP contribution in [0.5, 0.6) is 0 Å². The predicted molar refractivity (Wildman–Crippen MR) is 75.4 cm³/mol. The van der Waals surface area contributed by atoms with Crippen LogP contribution in [0.25, 0.3) is 33.3 Å². The maximum Gasteiger partial charge on any atom is 0.173 e. The highest BCUT2D eigenvalue weighted by atomic mass is 16.5. The van der Waals surface area contributed by atoms with Gasteiger partial charge in [-0.05, 0) is 32.0 Å². The molecule has 0 saturated heterocycles. The number of anilines is 1. The maximum atomic E-state index is 5.81. The average Bonchev–Trinajstić information content (AvgIpc) is 3.03. The zero-order valence-electron chi connectivity index (χ0n) is 11.1. The Kier molecular flexibility index (Phi) is 2.04. The van der Waals surface area contributed by atoms with E-state index in [1.807, 2.05) is 32.0 Å². The van der Waals surface area contributed by atoms with Crippen LogP contribution in [0.1, 0.15) is 11.5 Å². The summed E-state index contributed by atoms with van der Waals surface area (Å²) in [5.41, 5.74) is 8.03. The number of benzene rings is 1. The van der Waals surface area contributed by atoms with E-state index in [9.17, 15) is 0 Å². The van der Waals surface area contributed by atoms with E-state index in [-0.39, 0.29) is 0 Å². The van der Waals surface area contributed by atoms with Gasteiger partial charge in [0.25, 0.3) is 0 Å². The Bertz CT molecular complexity index is 888. The molecule has 1 aromatic carbocycles. The zero-order valence-corrected chi connectivity index (χ0v) is 11.1. The number of nitrogens with two attached hydrogens (primary N) is 1. The number of rotatable bonds is 1. The molecule has 5 heteroatoms. The lowest BCUT2D eigenvalue weighted by Crippen LogP contribution is -1.80. The lowest BCUT2D eigenvalue weighted by molar-refractivity contribution is 0.435. The third-order valence-electron chi connectivity index (χ3n) is 3.33. The molecule has 0 aliphatic heterocycles. The molecule has 100 valence electrons. The summed E-state index contributed by atoms with van der Waals surface area (Å²) < 4.78 is 16.8. The van der Waals surface area contributed by atoms with Crippen molar-refractivity contribution in [2.45, 2.75) is 13.8 Å². The second kappa shape index (κ2) is 3.66. The van der Waals surface area contributed by atoms with Gasteiger partial charge < -0.3 is 19.1 Å². The van der Waals surface area contributed by atoms with Crippen LogP contribution in [0.4, 0.5) is 5.82 Å². The van der Waals surface area contributed by atoms with E-state index in [0.29, 0.717) is 11.6 Å². The average molecular weight is 268 g/mol. The molecule has 20 heavy (non-hydrogen) atoms. The minimum Gasteiger partial charge on any atom is -0.461 e. The van der Waals surface area contributed by atoms with Gasteiger partial charge >= 0.3 is 0 Å². The Hall–Kier alpha value is -2.69. The molecule has 0 aliphatic carbocycles. The Morgan fingerprint density at radius 3 is 2.55 bits per heavy atom. The van der Waals surface area contributed by atoms with E-state index >= 15 is 0 Å². The van der Waals surface area contributed by atoms with Gasteiger partial charge in [-0.3, -0.25) is 0 Å². The fourth-order valence-corrected chi connectivity index (χ4v) is 2.59. The normalized spacial score (nSPS) is 11.7. The van der Waals surface area contributed by atoms with E-state index < -0.39 is 0 Å². The molecule has 0 fully saturated rings. The summed E-state index contributed by atoms with van der Waals surface area (Å²) in [6.07, 6.45) is 0. The van der Waals surface area contributed by atoms with Crippen LogP contribution in [-0.4, -0.2) is 5.16 Å². The third kappa shape index (κ3) is 1.46. The second-order valence-electron chi connectivity index (χ2n) is 4.91. The topological polar surface area (TPSA) is 78.3 Å². The minimum atomic E-state index is 0.341. The molecule has 0 amide bonds. The number of fused-ring (bicyclic) bond motifs is 2. The maximum absolute atomic E-state index is 5.81. The summed E-state index contributed by atoms with van der Waals surface area (Å²) in [6.45, 7) is 3.82. The molecule has 0 unspecified atom stereocenters. The van der Waals surface area contributed by atoms with Crippen molar-refractivity contribution in [2.24, 2.45) is 0 Å². The summed E-state index contributed by atoms with van der Waals surface area (Å²) >= 11 is 0. The Balaban J connectivity index is 2.21. The number of nitrogen functional groups attached to an aromatic ring is 1. The van der Waals surface area contributed by atoms with Crippen molar-refractivity contribution >= 4 is 27.8 Å². The fourth-order valence-electron chi connectivity index (χ4n) is 2.59. The standard InChI is InChI=1S/C15H12N2O3/c1-7-3-9-5-11-10(4-8(2)18-11)14(15(9)19-7)12-6-13(16)17-20-12/h3-6H,1-2H3,(H2,16,17). The molecule has 0 bridgehead atoms. The van der Waals surface area contributed by atoms with Gasteiger partial charge in [0, 0.05) is 16.8 Å². The monoisotopic (exact) mass is 268 g/mol. The van der Waals surface area contributed by atoms with E-state index in [1.165, 1.54) is 0 Å². The summed E-state index contributed by atoms with van der Waals surface area (Å²) in [6, 6.07) is 7.59. The van der Waals surface area contributed by atoms with Gasteiger partial charge in [-0.15, -0.1) is 0 Å². The van der Waals surface area contributed by atoms with Crippen molar-refractivity contribution in [3.63, 3.8) is 0 Å². The number of aryl methyl sites for hydroxylation is 2. The van der Waals surface area contributed by atoms with Gasteiger partial charge in [0.05, 0.1) is 5.56 Å². The lowest BCUT2D eigenvalue weighted by Gasteiger charge is -1.99. The molecule has 0 aliphatic rings. The van der Waals surface area contributed by atoms with Crippen molar-refractivity contribution < 1.29 is 13.4 Å². The highest BCUT2D eigenvalue weighted by Crippen LogP contribution is 2.39. The van der Waals surface area contributed by atoms with Crippen LogP contribution in [0, 0.1) is 13.8 Å². The molecule has 2 N–H and O–H groups in total. The summed E-state index contributed by atoms with van der Waals surface area (Å²) in [5, 5.41) is 5.65. The number of hydrogen-bond donors (Lipinski definition) is 1. The van der Waals surface area contributed by atoms with E-state index in [4.69, 9.17) is 19.1 Å². The van der Waals surface area contributed by atoms with Gasteiger partial charge in [-0.25, -0.2) is 0 Å². The number of furan rings is 2. The van der Waals surface area contributed by atoms with Gasteiger partial charge in [0.15, 0.2) is 11.6 Å². The molecule has 4 rings (SSSR count). The van der Waals surface area contributed by atoms with Gasteiger partial charge in [0.2, 0.25) is 0 Å². The van der Waals surface area contributed by atoms with E-state index in [0.717, 1.165) is 39.0 Å². The highest BCUT2D eigenvalue weighted by molar-refractivity contribution is 6.08. The molecule has 3 aromatic heterocycles. The molecular formula is C15H12N2O3. The largest absolute Gasteiger partial charge is 0.461 e. The molecule has 4 aromatic rings. The Labute approximate surface area is 113 Å². The fraction of sp³-hybridized carbons (Fsp3) is 0.133. The summed E-state index contributed by atoms with van der Waals surface area (Å²) in [5.74, 6) is 2.58. The molecule has 0 saturated carbocycles. The highest BCUT2D eigenvalue weighted by Gasteiger charge is 2.19. The minimum absolute atomic E-state index is 0.341. The summed E-state index contributed by atoms with van der Waals surface area (Å²) in [7, 11) is 0. The lowest BCUT2D eigenvalue weighted by atomic mass is 10.0. The second-order valence-corrected chi connectivity index (χ2v) is 4.91. The van der Waals surface area contributed by atoms with E-state index in [1.54, 1.807) is 6.07 Å². The van der Waals surface area contributed by atoms with Crippen LogP contribution in [0.15, 0.2) is 37.6 Å². The van der Waals surface area contributed by atoms with Crippen molar-refractivity contribution in [3.05, 3.63) is 35.8 Å². The Morgan fingerprint density at radius 2 is 1.80 bits per heavy atom. The first-order chi connectivity index (χ1) is 9.61. The Morgan fingerprint density at radius 1 is 1.00 bits per heavy atom. The quantitative estimate of drug-likeness (QED) is 0.563. The number of hydrogen-bond acceptors (Lipinski definition) is 5. The van der Waals surface area contributed by atoms with Gasteiger partial charge in [-0.2, -0.15) is 0 Å². The molecule has 0 atom stereocenters. The SMILES string of the molecule is Cc1cc2c(-c3cc(N)no3)c3oc(C)cc3cc2o1. The molecule has 3 heterocycles. The zero-order chi connectivity index (χ0) is 13.9.